The van der Waals surface area contributed by atoms with E-state index in [-0.39, 0.29) is 24.0 Å². The number of fused-ring (bicyclic) bond motifs is 1. The van der Waals surface area contributed by atoms with Crippen LogP contribution in [0.1, 0.15) is 57.1 Å². The summed E-state index contributed by atoms with van der Waals surface area (Å²) in [5.41, 5.74) is 3.52. The Kier molecular flexibility index (Phi) is 6.91. The molecule has 33 heavy (non-hydrogen) atoms. The molecular weight excluding hydrogens is 414 g/mol. The number of para-hydroxylation sites is 2. The molecule has 2 aliphatic rings. The molecule has 4 rings (SSSR count). The molecule has 0 bridgehead atoms. The van der Waals surface area contributed by atoms with E-state index >= 15 is 0 Å². The number of carbonyl (C=O) groups is 2. The molecule has 0 atom stereocenters. The number of likely N-dealkylation sites (tertiary alicyclic amines) is 1. The van der Waals surface area contributed by atoms with Crippen molar-refractivity contribution in [2.75, 3.05) is 31.1 Å². The highest BCUT2D eigenvalue weighted by molar-refractivity contribution is 5.83. The lowest BCUT2D eigenvalue weighted by Crippen LogP contribution is -2.52. The van der Waals surface area contributed by atoms with Crippen LogP contribution in [0, 0.1) is 0 Å². The summed E-state index contributed by atoms with van der Waals surface area (Å²) in [6.45, 7) is 8.98. The number of nitrogens with zero attached hydrogens (tertiary/aromatic N) is 2. The normalized spacial score (nSPS) is 17.3. The Bertz CT molecular complexity index is 978. The second-order valence-corrected chi connectivity index (χ2v) is 9.61. The highest BCUT2D eigenvalue weighted by Crippen LogP contribution is 2.41. The highest BCUT2D eigenvalue weighted by Gasteiger charge is 2.40. The van der Waals surface area contributed by atoms with E-state index in [1.807, 2.05) is 11.0 Å². The van der Waals surface area contributed by atoms with Gasteiger partial charge in [0.05, 0.1) is 12.2 Å². The molecule has 1 spiro atoms. The third-order valence-corrected chi connectivity index (χ3v) is 6.91. The number of hydrogen-bond acceptors (Lipinski definition) is 4. The van der Waals surface area contributed by atoms with Gasteiger partial charge in [-0.2, -0.15) is 0 Å². The first-order valence-electron chi connectivity index (χ1n) is 12.0. The van der Waals surface area contributed by atoms with Crippen LogP contribution in [-0.4, -0.2) is 48.5 Å². The Morgan fingerprint density at radius 2 is 1.67 bits per heavy atom. The van der Waals surface area contributed by atoms with Gasteiger partial charge in [0, 0.05) is 52.4 Å². The first-order valence-corrected chi connectivity index (χ1v) is 12.0. The molecule has 2 aliphatic heterocycles. The van der Waals surface area contributed by atoms with Crippen LogP contribution in [0.5, 0.6) is 5.75 Å². The lowest BCUT2D eigenvalue weighted by atomic mass is 9.87. The molecule has 0 aliphatic carbocycles. The lowest BCUT2D eigenvalue weighted by molar-refractivity contribution is -0.135. The van der Waals surface area contributed by atoms with Crippen molar-refractivity contribution in [1.29, 1.82) is 0 Å². The van der Waals surface area contributed by atoms with E-state index in [0.717, 1.165) is 43.8 Å². The Balaban J connectivity index is 1.45. The molecule has 2 amide bonds. The van der Waals surface area contributed by atoms with Crippen molar-refractivity contribution < 1.29 is 14.3 Å². The lowest BCUT2D eigenvalue weighted by Gasteiger charge is -2.41. The van der Waals surface area contributed by atoms with Crippen molar-refractivity contribution in [3.05, 3.63) is 59.7 Å². The van der Waals surface area contributed by atoms with Crippen LogP contribution in [0.4, 0.5) is 5.69 Å². The van der Waals surface area contributed by atoms with Crippen LogP contribution >= 0.6 is 0 Å². The summed E-state index contributed by atoms with van der Waals surface area (Å²) in [5.74, 6) is 1.24. The van der Waals surface area contributed by atoms with Gasteiger partial charge in [0.2, 0.25) is 11.8 Å². The van der Waals surface area contributed by atoms with Crippen LogP contribution in [0.25, 0.3) is 0 Å². The first-order chi connectivity index (χ1) is 15.8. The molecule has 6 nitrogen and oxygen atoms in total. The largest absolute Gasteiger partial charge is 0.485 e. The molecule has 0 saturated carbocycles. The van der Waals surface area contributed by atoms with Gasteiger partial charge in [-0.3, -0.25) is 9.59 Å². The maximum atomic E-state index is 12.4. The molecule has 2 aromatic rings. The topological polar surface area (TPSA) is 61.9 Å². The molecule has 176 valence electrons. The zero-order chi connectivity index (χ0) is 23.4. The van der Waals surface area contributed by atoms with Crippen LogP contribution < -0.4 is 15.0 Å². The summed E-state index contributed by atoms with van der Waals surface area (Å²) in [5, 5.41) is 2.61. The van der Waals surface area contributed by atoms with E-state index < -0.39 is 0 Å². The van der Waals surface area contributed by atoms with Gasteiger partial charge in [0.15, 0.2) is 0 Å². The minimum absolute atomic E-state index is 0.0273. The fourth-order valence-corrected chi connectivity index (χ4v) is 4.77. The minimum Gasteiger partial charge on any atom is -0.485 e. The summed E-state index contributed by atoms with van der Waals surface area (Å²) in [6, 6.07) is 17.2. The van der Waals surface area contributed by atoms with Gasteiger partial charge in [-0.1, -0.05) is 50.2 Å². The Labute approximate surface area is 196 Å². The zero-order valence-corrected chi connectivity index (χ0v) is 20.0. The van der Waals surface area contributed by atoms with Crippen LogP contribution in [0.15, 0.2) is 48.5 Å². The van der Waals surface area contributed by atoms with Crippen molar-refractivity contribution in [1.82, 2.24) is 10.2 Å². The van der Waals surface area contributed by atoms with Crippen LogP contribution in [0.3, 0.4) is 0 Å². The van der Waals surface area contributed by atoms with Gasteiger partial charge in [-0.05, 0) is 29.2 Å². The maximum absolute atomic E-state index is 12.4. The molecule has 0 aromatic heterocycles. The molecule has 2 aromatic carbocycles. The van der Waals surface area contributed by atoms with E-state index in [1.165, 1.54) is 18.1 Å². The fourth-order valence-electron chi connectivity index (χ4n) is 4.77. The van der Waals surface area contributed by atoms with Crippen LogP contribution in [0.2, 0.25) is 0 Å². The first kappa shape index (κ1) is 23.1. The average molecular weight is 450 g/mol. The zero-order valence-electron chi connectivity index (χ0n) is 20.0. The van der Waals surface area contributed by atoms with E-state index in [9.17, 15) is 9.59 Å². The Hall–Kier alpha value is -3.02. The van der Waals surface area contributed by atoms with Crippen molar-refractivity contribution in [3.8, 4) is 5.75 Å². The number of benzene rings is 2. The van der Waals surface area contributed by atoms with E-state index in [1.54, 1.807) is 0 Å². The molecule has 0 unspecified atom stereocenters. The molecule has 2 heterocycles. The van der Waals surface area contributed by atoms with Gasteiger partial charge in [-0.15, -0.1) is 0 Å². The predicted octanol–water partition coefficient (Wildman–Crippen LogP) is 4.10. The molecule has 1 N–H and O–H groups in total. The van der Waals surface area contributed by atoms with Crippen molar-refractivity contribution >= 4 is 17.5 Å². The van der Waals surface area contributed by atoms with Crippen molar-refractivity contribution in [3.63, 3.8) is 0 Å². The third-order valence-electron chi connectivity index (χ3n) is 6.91. The maximum Gasteiger partial charge on any atom is 0.241 e. The SMILES string of the molecule is CC(=O)NCC(=O)N1CCC2(CC1)CCN(Cc1ccc(C(C)C)cc1)c1ccccc1O2. The molecule has 1 fully saturated rings. The molecular formula is C27H35N3O3. The number of carbonyl (C=O) groups excluding carboxylic acids is 2. The second kappa shape index (κ2) is 9.86. The third kappa shape index (κ3) is 5.49. The number of hydrogen-bond donors (Lipinski definition) is 1. The quantitative estimate of drug-likeness (QED) is 0.747. The van der Waals surface area contributed by atoms with Gasteiger partial charge >= 0.3 is 0 Å². The highest BCUT2D eigenvalue weighted by atomic mass is 16.5. The van der Waals surface area contributed by atoms with E-state index in [4.69, 9.17) is 4.74 Å². The number of ether oxygens (including phenoxy) is 1. The van der Waals surface area contributed by atoms with Crippen molar-refractivity contribution in [2.24, 2.45) is 0 Å². The standard InChI is InChI=1S/C27H35N3O3/c1-20(2)23-10-8-22(9-11-23)19-30-17-14-27(33-25-7-5-4-6-24(25)30)12-15-29(16-13-27)26(32)18-28-21(3)31/h4-11,20H,12-19H2,1-3H3,(H,28,31). The number of piperidine rings is 1. The second-order valence-electron chi connectivity index (χ2n) is 9.61. The Morgan fingerprint density at radius 3 is 2.33 bits per heavy atom. The molecule has 0 radical (unpaired) electrons. The summed E-state index contributed by atoms with van der Waals surface area (Å²) >= 11 is 0. The summed E-state index contributed by atoms with van der Waals surface area (Å²) < 4.78 is 6.68. The monoisotopic (exact) mass is 449 g/mol. The molecule has 6 heteroatoms. The van der Waals surface area contributed by atoms with Gasteiger partial charge in [0.25, 0.3) is 0 Å². The minimum atomic E-state index is -0.267. The smallest absolute Gasteiger partial charge is 0.241 e. The fraction of sp³-hybridized carbons (Fsp3) is 0.481. The van der Waals surface area contributed by atoms with E-state index in [2.05, 4.69) is 66.5 Å². The summed E-state index contributed by atoms with van der Waals surface area (Å²) in [7, 11) is 0. The van der Waals surface area contributed by atoms with Crippen molar-refractivity contribution in [2.45, 2.75) is 58.1 Å². The number of anilines is 1. The predicted molar refractivity (Wildman–Crippen MR) is 130 cm³/mol. The van der Waals surface area contributed by atoms with Gasteiger partial charge < -0.3 is 19.9 Å². The van der Waals surface area contributed by atoms with Crippen LogP contribution in [-0.2, 0) is 16.1 Å². The van der Waals surface area contributed by atoms with Gasteiger partial charge in [0.1, 0.15) is 11.4 Å². The van der Waals surface area contributed by atoms with Gasteiger partial charge in [-0.25, -0.2) is 0 Å². The van der Waals surface area contributed by atoms with E-state index in [0.29, 0.717) is 19.0 Å². The molecule has 1 saturated heterocycles. The Morgan fingerprint density at radius 1 is 1.00 bits per heavy atom. The number of rotatable bonds is 5. The number of amides is 2. The average Bonchev–Trinajstić information content (AvgIpc) is 2.95. The summed E-state index contributed by atoms with van der Waals surface area (Å²) in [4.78, 5) is 27.8. The number of nitrogens with one attached hydrogen (secondary N) is 1. The summed E-state index contributed by atoms with van der Waals surface area (Å²) in [6.07, 6.45) is 2.51.